The van der Waals surface area contributed by atoms with E-state index in [9.17, 15) is 9.59 Å². The van der Waals surface area contributed by atoms with Crippen LogP contribution in [0.4, 0.5) is 0 Å². The molecule has 4 nitrogen and oxygen atoms in total. The Morgan fingerprint density at radius 2 is 1.71 bits per heavy atom. The highest BCUT2D eigenvalue weighted by molar-refractivity contribution is 5.99. The third-order valence-electron chi connectivity index (χ3n) is 3.41. The first-order valence-electron chi connectivity index (χ1n) is 6.77. The zero-order valence-electron chi connectivity index (χ0n) is 11.7. The van der Waals surface area contributed by atoms with E-state index in [0.29, 0.717) is 12.1 Å². The van der Waals surface area contributed by atoms with E-state index >= 15 is 0 Å². The molecule has 0 saturated carbocycles. The van der Waals surface area contributed by atoms with Crippen LogP contribution in [0.25, 0.3) is 0 Å². The van der Waals surface area contributed by atoms with Crippen molar-refractivity contribution < 1.29 is 14.3 Å². The van der Waals surface area contributed by atoms with Crippen molar-refractivity contribution in [2.24, 2.45) is 0 Å². The number of carbonyl (C=O) groups is 2. The fourth-order valence-corrected chi connectivity index (χ4v) is 2.17. The van der Waals surface area contributed by atoms with Crippen LogP contribution in [-0.4, -0.2) is 23.0 Å². The first-order chi connectivity index (χ1) is 10.1. The molecule has 1 atom stereocenters. The number of nitrogens with zero attached hydrogens (tertiary/aromatic N) is 1. The summed E-state index contributed by atoms with van der Waals surface area (Å²) < 4.78 is 4.88. The number of aryl methyl sites for hydroxylation is 1. The van der Waals surface area contributed by atoms with Crippen molar-refractivity contribution in [2.45, 2.75) is 19.7 Å². The summed E-state index contributed by atoms with van der Waals surface area (Å²) in [6.45, 7) is 2.31. The molecule has 2 aromatic rings. The van der Waals surface area contributed by atoms with Crippen molar-refractivity contribution in [3.05, 3.63) is 71.3 Å². The quantitative estimate of drug-likeness (QED) is 0.809. The van der Waals surface area contributed by atoms with Gasteiger partial charge >= 0.3 is 5.97 Å². The van der Waals surface area contributed by atoms with Gasteiger partial charge in [-0.3, -0.25) is 9.69 Å². The van der Waals surface area contributed by atoms with Gasteiger partial charge in [-0.2, -0.15) is 0 Å². The SMILES string of the molecule is Cc1ccc(C(=O)N(Cc2ccccc2)C2OC2=O)cc1. The summed E-state index contributed by atoms with van der Waals surface area (Å²) in [6.07, 6.45) is -0.751. The van der Waals surface area contributed by atoms with Gasteiger partial charge in [-0.05, 0) is 24.6 Å². The van der Waals surface area contributed by atoms with Crippen molar-refractivity contribution in [1.82, 2.24) is 4.90 Å². The van der Waals surface area contributed by atoms with E-state index in [4.69, 9.17) is 4.74 Å². The van der Waals surface area contributed by atoms with Crippen LogP contribution >= 0.6 is 0 Å². The molecule has 1 aliphatic heterocycles. The summed E-state index contributed by atoms with van der Waals surface area (Å²) in [5.41, 5.74) is 2.60. The van der Waals surface area contributed by atoms with Crippen LogP contribution < -0.4 is 0 Å². The summed E-state index contributed by atoms with van der Waals surface area (Å²) >= 11 is 0. The van der Waals surface area contributed by atoms with E-state index in [1.807, 2.05) is 49.4 Å². The minimum Gasteiger partial charge on any atom is -0.425 e. The second kappa shape index (κ2) is 5.40. The van der Waals surface area contributed by atoms with Crippen molar-refractivity contribution >= 4 is 11.9 Å². The Labute approximate surface area is 123 Å². The lowest BCUT2D eigenvalue weighted by Gasteiger charge is -2.19. The van der Waals surface area contributed by atoms with Gasteiger partial charge in [0.15, 0.2) is 0 Å². The molecule has 3 rings (SSSR count). The summed E-state index contributed by atoms with van der Waals surface area (Å²) in [6, 6.07) is 16.8. The topological polar surface area (TPSA) is 49.9 Å². The van der Waals surface area contributed by atoms with Gasteiger partial charge < -0.3 is 4.74 Å². The van der Waals surface area contributed by atoms with Crippen LogP contribution in [0.15, 0.2) is 54.6 Å². The average Bonchev–Trinajstić information content (AvgIpc) is 3.22. The number of cyclic esters (lactones) is 1. The van der Waals surface area contributed by atoms with Gasteiger partial charge in [-0.25, -0.2) is 4.79 Å². The Hall–Kier alpha value is -2.62. The molecule has 1 amide bonds. The minimum absolute atomic E-state index is 0.199. The standard InChI is InChI=1S/C17H15NO3/c1-12-7-9-14(10-8-12)15(19)18(16-17(20)21-16)11-13-5-3-2-4-6-13/h2-10,16H,11H2,1H3. The fraction of sp³-hybridized carbons (Fsp3) is 0.176. The number of carbonyl (C=O) groups excluding carboxylic acids is 2. The molecule has 4 heteroatoms. The number of hydrogen-bond donors (Lipinski definition) is 0. The summed E-state index contributed by atoms with van der Waals surface area (Å²) in [7, 11) is 0. The Kier molecular flexibility index (Phi) is 3.44. The lowest BCUT2D eigenvalue weighted by Crippen LogP contribution is -2.34. The molecular formula is C17H15NO3. The number of amides is 1. The highest BCUT2D eigenvalue weighted by Crippen LogP contribution is 2.23. The van der Waals surface area contributed by atoms with E-state index in [2.05, 4.69) is 0 Å². The van der Waals surface area contributed by atoms with Crippen LogP contribution in [0.3, 0.4) is 0 Å². The third-order valence-corrected chi connectivity index (χ3v) is 3.41. The highest BCUT2D eigenvalue weighted by atomic mass is 16.7. The van der Waals surface area contributed by atoms with Crippen molar-refractivity contribution in [3.63, 3.8) is 0 Å². The molecule has 2 aromatic carbocycles. The van der Waals surface area contributed by atoms with Gasteiger partial charge in [0.2, 0.25) is 0 Å². The molecule has 1 fully saturated rings. The van der Waals surface area contributed by atoms with E-state index in [1.165, 1.54) is 4.90 Å². The summed E-state index contributed by atoms with van der Waals surface area (Å²) in [4.78, 5) is 25.3. The molecule has 1 unspecified atom stereocenters. The molecular weight excluding hydrogens is 266 g/mol. The van der Waals surface area contributed by atoms with Crippen molar-refractivity contribution in [1.29, 1.82) is 0 Å². The predicted octanol–water partition coefficient (Wildman–Crippen LogP) is 2.52. The molecule has 0 spiro atoms. The second-order valence-corrected chi connectivity index (χ2v) is 5.07. The van der Waals surface area contributed by atoms with Gasteiger partial charge in [0.1, 0.15) is 0 Å². The minimum atomic E-state index is -0.751. The van der Waals surface area contributed by atoms with Crippen LogP contribution in [-0.2, 0) is 16.1 Å². The molecule has 1 heterocycles. The summed E-state index contributed by atoms with van der Waals surface area (Å²) in [5.74, 6) is -0.555. The molecule has 1 saturated heterocycles. The molecule has 0 aromatic heterocycles. The molecule has 0 aliphatic carbocycles. The van der Waals surface area contributed by atoms with Crippen molar-refractivity contribution in [2.75, 3.05) is 0 Å². The Morgan fingerprint density at radius 3 is 2.29 bits per heavy atom. The monoisotopic (exact) mass is 281 g/mol. The lowest BCUT2D eigenvalue weighted by atomic mass is 10.1. The number of benzene rings is 2. The van der Waals surface area contributed by atoms with Crippen LogP contribution in [0.1, 0.15) is 21.5 Å². The van der Waals surface area contributed by atoms with E-state index < -0.39 is 6.23 Å². The summed E-state index contributed by atoms with van der Waals surface area (Å²) in [5, 5.41) is 0. The zero-order chi connectivity index (χ0) is 14.8. The van der Waals surface area contributed by atoms with Gasteiger partial charge in [-0.15, -0.1) is 0 Å². The Bertz CT molecular complexity index is 664. The predicted molar refractivity (Wildman–Crippen MR) is 77.4 cm³/mol. The van der Waals surface area contributed by atoms with Gasteiger partial charge in [0, 0.05) is 5.56 Å². The van der Waals surface area contributed by atoms with Crippen LogP contribution in [0.5, 0.6) is 0 Å². The normalized spacial score (nSPS) is 16.2. The lowest BCUT2D eigenvalue weighted by molar-refractivity contribution is -0.117. The first kappa shape index (κ1) is 13.4. The maximum absolute atomic E-state index is 12.6. The van der Waals surface area contributed by atoms with Crippen LogP contribution in [0, 0.1) is 6.92 Å². The maximum Gasteiger partial charge on any atom is 0.371 e. The highest BCUT2D eigenvalue weighted by Gasteiger charge is 2.46. The average molecular weight is 281 g/mol. The smallest absolute Gasteiger partial charge is 0.371 e. The fourth-order valence-electron chi connectivity index (χ4n) is 2.17. The molecule has 106 valence electrons. The number of epoxide rings is 1. The second-order valence-electron chi connectivity index (χ2n) is 5.07. The molecule has 21 heavy (non-hydrogen) atoms. The van der Waals surface area contributed by atoms with E-state index in [1.54, 1.807) is 12.1 Å². The molecule has 0 N–H and O–H groups in total. The number of rotatable bonds is 4. The Balaban J connectivity index is 1.84. The molecule has 0 bridgehead atoms. The van der Waals surface area contributed by atoms with E-state index in [-0.39, 0.29) is 11.9 Å². The molecule has 1 aliphatic rings. The van der Waals surface area contributed by atoms with Crippen LogP contribution in [0.2, 0.25) is 0 Å². The maximum atomic E-state index is 12.6. The molecule has 0 radical (unpaired) electrons. The number of hydrogen-bond acceptors (Lipinski definition) is 3. The zero-order valence-corrected chi connectivity index (χ0v) is 11.7. The first-order valence-corrected chi connectivity index (χ1v) is 6.77. The van der Waals surface area contributed by atoms with Gasteiger partial charge in [-0.1, -0.05) is 48.0 Å². The third kappa shape index (κ3) is 2.94. The Morgan fingerprint density at radius 1 is 1.10 bits per heavy atom. The largest absolute Gasteiger partial charge is 0.425 e. The number of ether oxygens (including phenoxy) is 1. The van der Waals surface area contributed by atoms with E-state index in [0.717, 1.165) is 11.1 Å². The van der Waals surface area contributed by atoms with Gasteiger partial charge in [0.25, 0.3) is 12.1 Å². The van der Waals surface area contributed by atoms with Crippen molar-refractivity contribution in [3.8, 4) is 0 Å². The van der Waals surface area contributed by atoms with Gasteiger partial charge in [0.05, 0.1) is 6.54 Å².